The Labute approximate surface area is 113 Å². The molecule has 4 heteroatoms. The molecule has 0 aliphatic heterocycles. The number of benzene rings is 1. The van der Waals surface area contributed by atoms with Crippen molar-refractivity contribution in [3.63, 3.8) is 0 Å². The highest BCUT2D eigenvalue weighted by atomic mass is 16.2. The van der Waals surface area contributed by atoms with E-state index in [0.717, 1.165) is 6.54 Å². The van der Waals surface area contributed by atoms with Crippen LogP contribution in [-0.2, 0) is 0 Å². The lowest BCUT2D eigenvalue weighted by atomic mass is 10.1. The molecule has 1 aromatic rings. The van der Waals surface area contributed by atoms with Crippen LogP contribution in [-0.4, -0.2) is 29.8 Å². The number of nitrogens with one attached hydrogen (secondary N) is 1. The topological polar surface area (TPSA) is 49.4 Å². The van der Waals surface area contributed by atoms with Gasteiger partial charge >= 0.3 is 6.03 Å². The van der Waals surface area contributed by atoms with Gasteiger partial charge in [-0.2, -0.15) is 0 Å². The SMILES string of the molecule is CCN(CC1CC1)C(=O)Nc1cccc(C(C)=O)c1. The minimum absolute atomic E-state index is 0.00132. The van der Waals surface area contributed by atoms with Crippen LogP contribution in [0.1, 0.15) is 37.0 Å². The number of nitrogens with zero attached hydrogens (tertiary/aromatic N) is 1. The number of urea groups is 1. The highest BCUT2D eigenvalue weighted by Crippen LogP contribution is 2.29. The Kier molecular flexibility index (Phi) is 4.20. The van der Waals surface area contributed by atoms with E-state index in [2.05, 4.69) is 5.32 Å². The lowest BCUT2D eigenvalue weighted by Gasteiger charge is -2.21. The zero-order valence-electron chi connectivity index (χ0n) is 11.5. The van der Waals surface area contributed by atoms with E-state index in [-0.39, 0.29) is 11.8 Å². The van der Waals surface area contributed by atoms with Gasteiger partial charge in [0.2, 0.25) is 0 Å². The highest BCUT2D eigenvalue weighted by molar-refractivity contribution is 5.96. The molecule has 1 aromatic carbocycles. The third-order valence-corrected chi connectivity index (χ3v) is 3.36. The van der Waals surface area contributed by atoms with E-state index in [9.17, 15) is 9.59 Å². The van der Waals surface area contributed by atoms with Crippen molar-refractivity contribution in [2.24, 2.45) is 5.92 Å². The number of anilines is 1. The Morgan fingerprint density at radius 2 is 2.11 bits per heavy atom. The van der Waals surface area contributed by atoms with E-state index in [1.165, 1.54) is 19.8 Å². The van der Waals surface area contributed by atoms with Crippen molar-refractivity contribution in [1.82, 2.24) is 4.90 Å². The molecule has 0 heterocycles. The summed E-state index contributed by atoms with van der Waals surface area (Å²) in [4.78, 5) is 25.2. The summed E-state index contributed by atoms with van der Waals surface area (Å²) in [6.07, 6.45) is 2.45. The summed E-state index contributed by atoms with van der Waals surface area (Å²) in [6.45, 7) is 5.03. The van der Waals surface area contributed by atoms with Crippen LogP contribution in [0.25, 0.3) is 0 Å². The first-order chi connectivity index (χ1) is 9.10. The smallest absolute Gasteiger partial charge is 0.321 e. The number of Topliss-reactive ketones (excluding diaryl/α,β-unsaturated/α-hetero) is 1. The van der Waals surface area contributed by atoms with Gasteiger partial charge in [-0.3, -0.25) is 4.79 Å². The molecule has 2 amide bonds. The fourth-order valence-corrected chi connectivity index (χ4v) is 1.99. The first-order valence-electron chi connectivity index (χ1n) is 6.77. The van der Waals surface area contributed by atoms with Gasteiger partial charge in [-0.15, -0.1) is 0 Å². The Morgan fingerprint density at radius 1 is 1.37 bits per heavy atom. The summed E-state index contributed by atoms with van der Waals surface area (Å²) in [5, 5.41) is 2.86. The maximum absolute atomic E-state index is 12.1. The molecular weight excluding hydrogens is 240 g/mol. The summed E-state index contributed by atoms with van der Waals surface area (Å²) in [5.41, 5.74) is 1.29. The predicted molar refractivity (Wildman–Crippen MR) is 75.4 cm³/mol. The number of amides is 2. The minimum atomic E-state index is -0.0879. The third kappa shape index (κ3) is 3.81. The van der Waals surface area contributed by atoms with Crippen molar-refractivity contribution in [1.29, 1.82) is 0 Å². The normalized spacial score (nSPS) is 14.0. The predicted octanol–water partition coefficient (Wildman–Crippen LogP) is 3.15. The second-order valence-corrected chi connectivity index (χ2v) is 5.05. The average molecular weight is 260 g/mol. The lowest BCUT2D eigenvalue weighted by molar-refractivity contribution is 0.101. The van der Waals surface area contributed by atoms with Crippen molar-refractivity contribution in [2.45, 2.75) is 26.7 Å². The number of hydrogen-bond acceptors (Lipinski definition) is 2. The molecule has 0 spiro atoms. The van der Waals surface area contributed by atoms with E-state index >= 15 is 0 Å². The van der Waals surface area contributed by atoms with Gasteiger partial charge in [0.05, 0.1) is 0 Å². The summed E-state index contributed by atoms with van der Waals surface area (Å²) in [5.74, 6) is 0.677. The Morgan fingerprint density at radius 3 is 2.68 bits per heavy atom. The molecule has 1 saturated carbocycles. The molecule has 0 saturated heterocycles. The maximum Gasteiger partial charge on any atom is 0.321 e. The van der Waals surface area contributed by atoms with Gasteiger partial charge in [0.15, 0.2) is 5.78 Å². The van der Waals surface area contributed by atoms with Crippen LogP contribution in [0.3, 0.4) is 0 Å². The van der Waals surface area contributed by atoms with Crippen LogP contribution >= 0.6 is 0 Å². The van der Waals surface area contributed by atoms with E-state index in [1.807, 2.05) is 11.8 Å². The Balaban J connectivity index is 2.00. The summed E-state index contributed by atoms with van der Waals surface area (Å²) in [7, 11) is 0. The molecule has 1 aliphatic rings. The molecule has 2 rings (SSSR count). The van der Waals surface area contributed by atoms with Crippen LogP contribution in [0.15, 0.2) is 24.3 Å². The van der Waals surface area contributed by atoms with E-state index in [4.69, 9.17) is 0 Å². The number of carbonyl (C=O) groups is 2. The number of carbonyl (C=O) groups excluding carboxylic acids is 2. The second kappa shape index (κ2) is 5.87. The van der Waals surface area contributed by atoms with E-state index in [1.54, 1.807) is 24.3 Å². The van der Waals surface area contributed by atoms with Crippen molar-refractivity contribution in [3.8, 4) is 0 Å². The molecule has 102 valence electrons. The fourth-order valence-electron chi connectivity index (χ4n) is 1.99. The largest absolute Gasteiger partial charge is 0.325 e. The van der Waals surface area contributed by atoms with Gasteiger partial charge in [0.1, 0.15) is 0 Å². The third-order valence-electron chi connectivity index (χ3n) is 3.36. The van der Waals surface area contributed by atoms with E-state index in [0.29, 0.717) is 23.7 Å². The van der Waals surface area contributed by atoms with Gasteiger partial charge in [0, 0.05) is 24.3 Å². The monoisotopic (exact) mass is 260 g/mol. The fraction of sp³-hybridized carbons (Fsp3) is 0.467. The molecule has 1 aliphatic carbocycles. The molecular formula is C15H20N2O2. The Bertz CT molecular complexity index is 481. The highest BCUT2D eigenvalue weighted by Gasteiger charge is 2.25. The summed E-state index contributed by atoms with van der Waals surface area (Å²) >= 11 is 0. The second-order valence-electron chi connectivity index (χ2n) is 5.05. The quantitative estimate of drug-likeness (QED) is 0.827. The van der Waals surface area contributed by atoms with Crippen molar-refractivity contribution in [2.75, 3.05) is 18.4 Å². The molecule has 19 heavy (non-hydrogen) atoms. The van der Waals surface area contributed by atoms with Gasteiger partial charge in [0.25, 0.3) is 0 Å². The molecule has 0 atom stereocenters. The van der Waals surface area contributed by atoms with Crippen LogP contribution in [0, 0.1) is 5.92 Å². The van der Waals surface area contributed by atoms with Crippen LogP contribution in [0.5, 0.6) is 0 Å². The molecule has 0 radical (unpaired) electrons. The van der Waals surface area contributed by atoms with Gasteiger partial charge in [-0.25, -0.2) is 4.79 Å². The zero-order valence-corrected chi connectivity index (χ0v) is 11.5. The lowest BCUT2D eigenvalue weighted by Crippen LogP contribution is -2.36. The zero-order chi connectivity index (χ0) is 13.8. The number of ketones is 1. The molecule has 0 unspecified atom stereocenters. The molecule has 0 aromatic heterocycles. The molecule has 4 nitrogen and oxygen atoms in total. The van der Waals surface area contributed by atoms with Crippen LogP contribution < -0.4 is 5.32 Å². The standard InChI is InChI=1S/C15H20N2O2/c1-3-17(10-12-7-8-12)15(19)16-14-6-4-5-13(9-14)11(2)18/h4-6,9,12H,3,7-8,10H2,1-2H3,(H,16,19). The summed E-state index contributed by atoms with van der Waals surface area (Å²) < 4.78 is 0. The summed E-state index contributed by atoms with van der Waals surface area (Å²) in [6, 6.07) is 6.96. The molecule has 1 N–H and O–H groups in total. The maximum atomic E-state index is 12.1. The van der Waals surface area contributed by atoms with Crippen molar-refractivity contribution in [3.05, 3.63) is 29.8 Å². The minimum Gasteiger partial charge on any atom is -0.325 e. The number of rotatable bonds is 5. The van der Waals surface area contributed by atoms with Crippen LogP contribution in [0.4, 0.5) is 10.5 Å². The van der Waals surface area contributed by atoms with Gasteiger partial charge < -0.3 is 10.2 Å². The average Bonchev–Trinajstić information content (AvgIpc) is 3.20. The van der Waals surface area contributed by atoms with Crippen LogP contribution in [0.2, 0.25) is 0 Å². The molecule has 0 bridgehead atoms. The van der Waals surface area contributed by atoms with Crippen molar-refractivity contribution < 1.29 is 9.59 Å². The van der Waals surface area contributed by atoms with Gasteiger partial charge in [-0.1, -0.05) is 12.1 Å². The Hall–Kier alpha value is -1.84. The van der Waals surface area contributed by atoms with Crippen molar-refractivity contribution >= 4 is 17.5 Å². The first kappa shape index (κ1) is 13.6. The van der Waals surface area contributed by atoms with Gasteiger partial charge in [-0.05, 0) is 44.7 Å². The number of hydrogen-bond donors (Lipinski definition) is 1. The molecule has 1 fully saturated rings. The van der Waals surface area contributed by atoms with E-state index < -0.39 is 0 Å². The first-order valence-corrected chi connectivity index (χ1v) is 6.77.